The number of carbonyl (C=O) groups is 1. The van der Waals surface area contributed by atoms with Crippen LogP contribution in [0.3, 0.4) is 0 Å². The third-order valence-electron chi connectivity index (χ3n) is 1.89. The zero-order valence-electron chi connectivity index (χ0n) is 8.70. The first-order valence-electron chi connectivity index (χ1n) is 4.77. The van der Waals surface area contributed by atoms with E-state index in [1.54, 1.807) is 6.07 Å². The van der Waals surface area contributed by atoms with Crippen LogP contribution in [0.4, 0.5) is 5.69 Å². The van der Waals surface area contributed by atoms with Crippen LogP contribution in [0.1, 0.15) is 23.7 Å². The van der Waals surface area contributed by atoms with Gasteiger partial charge in [-0.1, -0.05) is 22.9 Å². The van der Waals surface area contributed by atoms with Gasteiger partial charge in [0, 0.05) is 28.7 Å². The van der Waals surface area contributed by atoms with Crippen molar-refractivity contribution in [2.75, 3.05) is 6.54 Å². The summed E-state index contributed by atoms with van der Waals surface area (Å²) in [6.07, 6.45) is 0.821. The van der Waals surface area contributed by atoms with Crippen LogP contribution in [0.2, 0.25) is 0 Å². The molecule has 86 valence electrons. The highest BCUT2D eigenvalue weighted by Gasteiger charge is 2.13. The number of hydrogen-bond donors (Lipinski definition) is 1. The summed E-state index contributed by atoms with van der Waals surface area (Å²) in [5.41, 5.74) is 0.186. The summed E-state index contributed by atoms with van der Waals surface area (Å²) in [4.78, 5) is 21.6. The fourth-order valence-electron chi connectivity index (χ4n) is 1.15. The van der Waals surface area contributed by atoms with Crippen LogP contribution >= 0.6 is 15.9 Å². The van der Waals surface area contributed by atoms with Crippen molar-refractivity contribution in [2.45, 2.75) is 13.3 Å². The van der Waals surface area contributed by atoms with Crippen molar-refractivity contribution in [3.8, 4) is 0 Å². The molecule has 0 saturated heterocycles. The Balaban J connectivity index is 2.95. The van der Waals surface area contributed by atoms with Crippen LogP contribution in [-0.2, 0) is 0 Å². The molecule has 5 nitrogen and oxygen atoms in total. The third-order valence-corrected chi connectivity index (χ3v) is 2.35. The van der Waals surface area contributed by atoms with Gasteiger partial charge < -0.3 is 5.32 Å². The van der Waals surface area contributed by atoms with Crippen molar-refractivity contribution >= 4 is 27.5 Å². The number of nitrogens with one attached hydrogen (secondary N) is 1. The second-order valence-corrected chi connectivity index (χ2v) is 4.13. The fourth-order valence-corrected chi connectivity index (χ4v) is 1.63. The number of hydrogen-bond acceptors (Lipinski definition) is 3. The molecule has 1 amide bonds. The van der Waals surface area contributed by atoms with E-state index in [4.69, 9.17) is 0 Å². The summed E-state index contributed by atoms with van der Waals surface area (Å²) in [7, 11) is 0. The first-order chi connectivity index (χ1) is 7.54. The SMILES string of the molecule is CCCNC(=O)c1cc(Br)cc([N+](=O)[O-])c1. The molecule has 0 aliphatic carbocycles. The van der Waals surface area contributed by atoms with Gasteiger partial charge in [0.25, 0.3) is 11.6 Å². The lowest BCUT2D eigenvalue weighted by Gasteiger charge is -2.03. The molecule has 0 fully saturated rings. The van der Waals surface area contributed by atoms with Crippen LogP contribution in [0.15, 0.2) is 22.7 Å². The minimum absolute atomic E-state index is 0.101. The van der Waals surface area contributed by atoms with Gasteiger partial charge in [0.05, 0.1) is 4.92 Å². The Morgan fingerprint density at radius 1 is 1.50 bits per heavy atom. The quantitative estimate of drug-likeness (QED) is 0.683. The Labute approximate surface area is 101 Å². The van der Waals surface area contributed by atoms with Gasteiger partial charge in [-0.3, -0.25) is 14.9 Å². The zero-order valence-corrected chi connectivity index (χ0v) is 10.3. The van der Waals surface area contributed by atoms with E-state index >= 15 is 0 Å². The molecule has 0 heterocycles. The molecule has 0 atom stereocenters. The highest BCUT2D eigenvalue weighted by Crippen LogP contribution is 2.21. The Kier molecular flexibility index (Phi) is 4.42. The molecule has 0 aromatic heterocycles. The number of nitro benzene ring substituents is 1. The molecule has 0 saturated carbocycles. The highest BCUT2D eigenvalue weighted by molar-refractivity contribution is 9.10. The van der Waals surface area contributed by atoms with Gasteiger partial charge in [-0.25, -0.2) is 0 Å². The Bertz CT molecular complexity index is 421. The number of nitrogens with zero attached hydrogens (tertiary/aromatic N) is 1. The molecule has 0 aliphatic heterocycles. The molecule has 6 heteroatoms. The van der Waals surface area contributed by atoms with Crippen molar-refractivity contribution in [1.82, 2.24) is 5.32 Å². The summed E-state index contributed by atoms with van der Waals surface area (Å²) in [6, 6.07) is 4.17. The number of rotatable bonds is 4. The molecule has 0 bridgehead atoms. The maximum absolute atomic E-state index is 11.6. The van der Waals surface area contributed by atoms with E-state index < -0.39 is 4.92 Å². The minimum Gasteiger partial charge on any atom is -0.352 e. The normalized spacial score (nSPS) is 9.88. The number of amides is 1. The van der Waals surface area contributed by atoms with E-state index in [1.807, 2.05) is 6.92 Å². The second-order valence-electron chi connectivity index (χ2n) is 3.21. The van der Waals surface area contributed by atoms with Gasteiger partial charge in [0.2, 0.25) is 0 Å². The van der Waals surface area contributed by atoms with Gasteiger partial charge in [-0.2, -0.15) is 0 Å². The first-order valence-corrected chi connectivity index (χ1v) is 5.57. The van der Waals surface area contributed by atoms with Gasteiger partial charge in [-0.05, 0) is 12.5 Å². The molecule has 1 aromatic carbocycles. The number of benzene rings is 1. The van der Waals surface area contributed by atoms with Crippen LogP contribution in [0.25, 0.3) is 0 Å². The predicted molar refractivity (Wildman–Crippen MR) is 63.4 cm³/mol. The van der Waals surface area contributed by atoms with Gasteiger partial charge in [0.1, 0.15) is 0 Å². The molecule has 0 unspecified atom stereocenters. The topological polar surface area (TPSA) is 72.2 Å². The average Bonchev–Trinajstić information content (AvgIpc) is 2.24. The van der Waals surface area contributed by atoms with Crippen LogP contribution in [0, 0.1) is 10.1 Å². The van der Waals surface area contributed by atoms with Crippen LogP contribution in [0.5, 0.6) is 0 Å². The number of carbonyl (C=O) groups excluding carboxylic acids is 1. The van der Waals surface area contributed by atoms with E-state index in [2.05, 4.69) is 21.2 Å². The maximum Gasteiger partial charge on any atom is 0.271 e. The van der Waals surface area contributed by atoms with E-state index in [0.717, 1.165) is 6.42 Å². The van der Waals surface area contributed by atoms with E-state index in [-0.39, 0.29) is 17.2 Å². The van der Waals surface area contributed by atoms with E-state index in [1.165, 1.54) is 12.1 Å². The van der Waals surface area contributed by atoms with Gasteiger partial charge in [0.15, 0.2) is 0 Å². The monoisotopic (exact) mass is 286 g/mol. The molecule has 0 radical (unpaired) electrons. The summed E-state index contributed by atoms with van der Waals surface area (Å²) in [6.45, 7) is 2.49. The first kappa shape index (κ1) is 12.6. The standard InChI is InChI=1S/C10H11BrN2O3/c1-2-3-12-10(14)7-4-8(11)6-9(5-7)13(15)16/h4-6H,2-3H2,1H3,(H,12,14). The minimum atomic E-state index is -0.526. The molecule has 1 N–H and O–H groups in total. The average molecular weight is 287 g/mol. The molecular formula is C10H11BrN2O3. The molecule has 1 aromatic rings. The number of non-ortho nitro benzene ring substituents is 1. The largest absolute Gasteiger partial charge is 0.352 e. The second kappa shape index (κ2) is 5.60. The van der Waals surface area contributed by atoms with Gasteiger partial charge >= 0.3 is 0 Å². The molecule has 1 rings (SSSR count). The van der Waals surface area contributed by atoms with Crippen molar-refractivity contribution in [1.29, 1.82) is 0 Å². The zero-order chi connectivity index (χ0) is 12.1. The molecule has 0 aliphatic rings. The lowest BCUT2D eigenvalue weighted by molar-refractivity contribution is -0.385. The number of nitro groups is 1. The molecule has 16 heavy (non-hydrogen) atoms. The summed E-state index contributed by atoms with van der Waals surface area (Å²) < 4.78 is 0.517. The summed E-state index contributed by atoms with van der Waals surface area (Å²) >= 11 is 3.13. The lowest BCUT2D eigenvalue weighted by Crippen LogP contribution is -2.24. The van der Waals surface area contributed by atoms with Crippen molar-refractivity contribution in [2.24, 2.45) is 0 Å². The van der Waals surface area contributed by atoms with Crippen molar-refractivity contribution < 1.29 is 9.72 Å². The third kappa shape index (κ3) is 3.30. The Morgan fingerprint density at radius 3 is 2.75 bits per heavy atom. The molecular weight excluding hydrogens is 276 g/mol. The van der Waals surface area contributed by atoms with Gasteiger partial charge in [-0.15, -0.1) is 0 Å². The summed E-state index contributed by atoms with van der Waals surface area (Å²) in [5.74, 6) is -0.300. The Morgan fingerprint density at radius 2 is 2.19 bits per heavy atom. The van der Waals surface area contributed by atoms with Crippen LogP contribution in [-0.4, -0.2) is 17.4 Å². The molecule has 0 spiro atoms. The smallest absolute Gasteiger partial charge is 0.271 e. The highest BCUT2D eigenvalue weighted by atomic mass is 79.9. The lowest BCUT2D eigenvalue weighted by atomic mass is 10.2. The predicted octanol–water partition coefficient (Wildman–Crippen LogP) is 2.50. The van der Waals surface area contributed by atoms with Crippen molar-refractivity contribution in [3.05, 3.63) is 38.3 Å². The van der Waals surface area contributed by atoms with E-state index in [9.17, 15) is 14.9 Å². The fraction of sp³-hybridized carbons (Fsp3) is 0.300. The Hall–Kier alpha value is -1.43. The number of halogens is 1. The van der Waals surface area contributed by atoms with Crippen LogP contribution < -0.4 is 5.32 Å². The summed E-state index contributed by atoms with van der Waals surface area (Å²) in [5, 5.41) is 13.3. The van der Waals surface area contributed by atoms with E-state index in [0.29, 0.717) is 11.0 Å². The maximum atomic E-state index is 11.6. The van der Waals surface area contributed by atoms with Crippen molar-refractivity contribution in [3.63, 3.8) is 0 Å².